The number of hydrogen-bond acceptors (Lipinski definition) is 5. The average molecular weight is 330 g/mol. The van der Waals surface area contributed by atoms with Gasteiger partial charge in [0.1, 0.15) is 11.5 Å². The van der Waals surface area contributed by atoms with Crippen LogP contribution in [0.4, 0.5) is 0 Å². The van der Waals surface area contributed by atoms with Gasteiger partial charge in [-0.3, -0.25) is 5.41 Å². The van der Waals surface area contributed by atoms with Crippen LogP contribution < -0.4 is 10.4 Å². The lowest BCUT2D eigenvalue weighted by Gasteiger charge is -2.30. The number of nitrogens with one attached hydrogen (secondary N) is 1. The highest BCUT2D eigenvalue weighted by Crippen LogP contribution is 2.44. The molecular weight excluding hydrogens is 316 g/mol. The van der Waals surface area contributed by atoms with Crippen molar-refractivity contribution >= 4 is 16.9 Å². The maximum absolute atomic E-state index is 12.7. The van der Waals surface area contributed by atoms with Crippen LogP contribution in [0.1, 0.15) is 22.6 Å². The first-order chi connectivity index (χ1) is 12.1. The molecule has 0 radical (unpaired) electrons. The molecule has 0 spiro atoms. The predicted octanol–water partition coefficient (Wildman–Crippen LogP) is 3.74. The van der Waals surface area contributed by atoms with Crippen molar-refractivity contribution in [3.63, 3.8) is 0 Å². The highest BCUT2D eigenvalue weighted by molar-refractivity contribution is 5.93. The van der Waals surface area contributed by atoms with E-state index in [4.69, 9.17) is 14.6 Å². The Morgan fingerprint density at radius 2 is 1.84 bits per heavy atom. The maximum atomic E-state index is 12.7. The second-order valence-electron chi connectivity index (χ2n) is 6.04. The van der Waals surface area contributed by atoms with Gasteiger partial charge < -0.3 is 9.15 Å². The van der Waals surface area contributed by atoms with Crippen molar-refractivity contribution in [2.45, 2.75) is 12.8 Å². The zero-order valence-electron chi connectivity index (χ0n) is 13.4. The lowest BCUT2D eigenvalue weighted by Crippen LogP contribution is -2.34. The Hall–Kier alpha value is -3.39. The third-order valence-corrected chi connectivity index (χ3v) is 4.60. The number of rotatable bonds is 1. The van der Waals surface area contributed by atoms with Gasteiger partial charge in [-0.15, -0.1) is 0 Å². The Balaban J connectivity index is 2.10. The molecule has 4 rings (SSSR count). The normalized spacial score (nSPS) is 19.1. The molecule has 2 atom stereocenters. The van der Waals surface area contributed by atoms with Crippen LogP contribution in [-0.2, 0) is 0 Å². The smallest absolute Gasteiger partial charge is 0.343 e. The van der Waals surface area contributed by atoms with Crippen molar-refractivity contribution in [3.8, 4) is 11.8 Å². The summed E-state index contributed by atoms with van der Waals surface area (Å²) in [7, 11) is 0. The van der Waals surface area contributed by atoms with Gasteiger partial charge in [-0.05, 0) is 30.2 Å². The number of fused-ring (bicyclic) bond motifs is 3. The lowest BCUT2D eigenvalue weighted by atomic mass is 9.78. The summed E-state index contributed by atoms with van der Waals surface area (Å²) >= 11 is 0. The van der Waals surface area contributed by atoms with Crippen LogP contribution >= 0.6 is 0 Å². The molecule has 1 aliphatic heterocycles. The fraction of sp³-hybridized carbons (Fsp3) is 0.150. The highest BCUT2D eigenvalue weighted by atomic mass is 16.5. The van der Waals surface area contributed by atoms with E-state index in [1.807, 2.05) is 37.3 Å². The summed E-state index contributed by atoms with van der Waals surface area (Å²) < 4.78 is 11.1. The molecular formula is C20H14N2O3. The SMILES string of the molecule is Cc1ccccc1C1c2c(c3ccccc3oc2=O)OC(=N)C1C#N. The molecule has 1 aromatic heterocycles. The van der Waals surface area contributed by atoms with Crippen LogP contribution in [0, 0.1) is 29.6 Å². The fourth-order valence-electron chi connectivity index (χ4n) is 3.41. The van der Waals surface area contributed by atoms with Gasteiger partial charge >= 0.3 is 5.63 Å². The van der Waals surface area contributed by atoms with Gasteiger partial charge in [0.15, 0.2) is 5.75 Å². The molecule has 0 bridgehead atoms. The first kappa shape index (κ1) is 15.2. The Kier molecular flexibility index (Phi) is 3.40. The van der Waals surface area contributed by atoms with Gasteiger partial charge in [0.25, 0.3) is 0 Å². The first-order valence-electron chi connectivity index (χ1n) is 7.89. The molecule has 0 fully saturated rings. The summed E-state index contributed by atoms with van der Waals surface area (Å²) in [5.74, 6) is -1.31. The van der Waals surface area contributed by atoms with E-state index in [1.165, 1.54) is 0 Å². The lowest BCUT2D eigenvalue weighted by molar-refractivity contribution is 0.431. The highest BCUT2D eigenvalue weighted by Gasteiger charge is 2.41. The fourth-order valence-corrected chi connectivity index (χ4v) is 3.41. The van der Waals surface area contributed by atoms with E-state index < -0.39 is 17.5 Å². The largest absolute Gasteiger partial charge is 0.441 e. The second-order valence-corrected chi connectivity index (χ2v) is 6.04. The van der Waals surface area contributed by atoms with Crippen LogP contribution in [0.25, 0.3) is 11.0 Å². The Morgan fingerprint density at radius 3 is 2.60 bits per heavy atom. The second kappa shape index (κ2) is 5.60. The maximum Gasteiger partial charge on any atom is 0.343 e. The van der Waals surface area contributed by atoms with Crippen molar-refractivity contribution in [3.05, 3.63) is 75.6 Å². The van der Waals surface area contributed by atoms with E-state index in [0.29, 0.717) is 22.3 Å². The third-order valence-electron chi connectivity index (χ3n) is 4.60. The zero-order valence-corrected chi connectivity index (χ0v) is 13.4. The monoisotopic (exact) mass is 330 g/mol. The quantitative estimate of drug-likeness (QED) is 0.688. The number of aryl methyl sites for hydroxylation is 1. The Morgan fingerprint density at radius 1 is 1.12 bits per heavy atom. The van der Waals surface area contributed by atoms with Gasteiger partial charge in [0.2, 0.25) is 5.90 Å². The molecule has 1 aliphatic rings. The number of nitrogens with zero attached hydrogens (tertiary/aromatic N) is 1. The van der Waals surface area contributed by atoms with Gasteiger partial charge in [-0.1, -0.05) is 36.4 Å². The van der Waals surface area contributed by atoms with Gasteiger partial charge in [-0.2, -0.15) is 5.26 Å². The van der Waals surface area contributed by atoms with Crippen LogP contribution in [-0.4, -0.2) is 5.90 Å². The predicted molar refractivity (Wildman–Crippen MR) is 93.0 cm³/mol. The molecule has 0 saturated heterocycles. The minimum Gasteiger partial charge on any atom is -0.441 e. The number of hydrogen-bond donors (Lipinski definition) is 1. The van der Waals surface area contributed by atoms with Crippen molar-refractivity contribution in [1.29, 1.82) is 10.7 Å². The molecule has 0 saturated carbocycles. The van der Waals surface area contributed by atoms with Crippen molar-refractivity contribution < 1.29 is 9.15 Å². The Labute approximate surface area is 143 Å². The standard InChI is InChI=1S/C20H14N2O3/c1-11-6-2-3-7-12(11)16-14(10-21)19(22)25-18-13-8-4-5-9-15(13)24-20(23)17(16)18/h2-9,14,16,22H,1H3. The zero-order chi connectivity index (χ0) is 17.6. The summed E-state index contributed by atoms with van der Waals surface area (Å²) in [6.07, 6.45) is 0. The van der Waals surface area contributed by atoms with E-state index >= 15 is 0 Å². The van der Waals surface area contributed by atoms with E-state index in [1.54, 1.807) is 18.2 Å². The molecule has 2 aromatic carbocycles. The van der Waals surface area contributed by atoms with E-state index in [0.717, 1.165) is 11.1 Å². The van der Waals surface area contributed by atoms with Gasteiger partial charge in [-0.25, -0.2) is 4.79 Å². The van der Waals surface area contributed by atoms with Crippen molar-refractivity contribution in [1.82, 2.24) is 0 Å². The molecule has 3 aromatic rings. The average Bonchev–Trinajstić information content (AvgIpc) is 2.61. The number of para-hydroxylation sites is 1. The van der Waals surface area contributed by atoms with E-state index in [-0.39, 0.29) is 5.90 Å². The van der Waals surface area contributed by atoms with Crippen molar-refractivity contribution in [2.24, 2.45) is 5.92 Å². The minimum atomic E-state index is -0.877. The molecule has 0 aliphatic carbocycles. The molecule has 0 amide bonds. The van der Waals surface area contributed by atoms with E-state index in [9.17, 15) is 10.1 Å². The number of benzene rings is 2. The number of ether oxygens (including phenoxy) is 1. The third kappa shape index (κ3) is 2.23. The molecule has 5 heteroatoms. The summed E-state index contributed by atoms with van der Waals surface area (Å²) in [6, 6.07) is 16.7. The molecule has 25 heavy (non-hydrogen) atoms. The summed E-state index contributed by atoms with van der Waals surface area (Å²) in [5, 5.41) is 18.4. The van der Waals surface area contributed by atoms with E-state index in [2.05, 4.69) is 6.07 Å². The molecule has 122 valence electrons. The first-order valence-corrected chi connectivity index (χ1v) is 7.89. The molecule has 2 heterocycles. The van der Waals surface area contributed by atoms with Crippen LogP contribution in [0.5, 0.6) is 5.75 Å². The topological polar surface area (TPSA) is 87.1 Å². The summed E-state index contributed by atoms with van der Waals surface area (Å²) in [4.78, 5) is 12.7. The van der Waals surface area contributed by atoms with Crippen LogP contribution in [0.15, 0.2) is 57.7 Å². The number of nitriles is 1. The molecule has 5 nitrogen and oxygen atoms in total. The molecule has 1 N–H and O–H groups in total. The minimum absolute atomic E-state index is 0.154. The van der Waals surface area contributed by atoms with Gasteiger partial charge in [0.05, 0.1) is 17.0 Å². The van der Waals surface area contributed by atoms with Crippen molar-refractivity contribution in [2.75, 3.05) is 0 Å². The van der Waals surface area contributed by atoms with Crippen LogP contribution in [0.3, 0.4) is 0 Å². The summed E-state index contributed by atoms with van der Waals surface area (Å²) in [6.45, 7) is 1.92. The van der Waals surface area contributed by atoms with Gasteiger partial charge in [0, 0.05) is 5.92 Å². The van der Waals surface area contributed by atoms with Crippen LogP contribution in [0.2, 0.25) is 0 Å². The summed E-state index contributed by atoms with van der Waals surface area (Å²) in [5.41, 5.74) is 1.94. The molecule has 2 unspecified atom stereocenters. The Bertz CT molecular complexity index is 1110.